The van der Waals surface area contributed by atoms with E-state index in [1.54, 1.807) is 6.07 Å². The molecule has 5 heteroatoms. The molecule has 1 saturated heterocycles. The topological polar surface area (TPSA) is 45.9 Å². The van der Waals surface area contributed by atoms with E-state index < -0.39 is 0 Å². The first-order valence-corrected chi connectivity index (χ1v) is 12.3. The van der Waals surface area contributed by atoms with E-state index in [1.165, 1.54) is 16.7 Å². The van der Waals surface area contributed by atoms with Crippen molar-refractivity contribution in [2.24, 2.45) is 0 Å². The SMILES string of the molecule is Cc1cc(C)cc(COc2ccc3c(CN4CCN(Cc5ccccc5)CC4)cc(=O)oc3c2)c1. The molecule has 3 aromatic carbocycles. The first-order valence-electron chi connectivity index (χ1n) is 12.3. The van der Waals surface area contributed by atoms with Gasteiger partial charge in [-0.3, -0.25) is 9.80 Å². The Kier molecular flexibility index (Phi) is 6.98. The van der Waals surface area contributed by atoms with Crippen LogP contribution >= 0.6 is 0 Å². The maximum absolute atomic E-state index is 12.3. The van der Waals surface area contributed by atoms with Gasteiger partial charge in [-0.05, 0) is 42.7 Å². The summed E-state index contributed by atoms with van der Waals surface area (Å²) >= 11 is 0. The summed E-state index contributed by atoms with van der Waals surface area (Å²) in [6, 6.07) is 24.5. The van der Waals surface area contributed by atoms with Gasteiger partial charge in [0.2, 0.25) is 0 Å². The molecule has 0 radical (unpaired) electrons. The highest BCUT2D eigenvalue weighted by atomic mass is 16.5. The molecular formula is C30H32N2O3. The van der Waals surface area contributed by atoms with Gasteiger partial charge in [-0.1, -0.05) is 59.7 Å². The van der Waals surface area contributed by atoms with Gasteiger partial charge < -0.3 is 9.15 Å². The minimum Gasteiger partial charge on any atom is -0.489 e. The Morgan fingerprint density at radius 2 is 1.46 bits per heavy atom. The van der Waals surface area contributed by atoms with Gasteiger partial charge in [-0.25, -0.2) is 4.79 Å². The second-order valence-corrected chi connectivity index (χ2v) is 9.57. The zero-order valence-corrected chi connectivity index (χ0v) is 20.5. The van der Waals surface area contributed by atoms with Crippen molar-refractivity contribution in [3.05, 3.63) is 111 Å². The molecule has 5 nitrogen and oxygen atoms in total. The van der Waals surface area contributed by atoms with Crippen molar-refractivity contribution in [1.82, 2.24) is 9.80 Å². The molecule has 5 rings (SSSR count). The number of fused-ring (bicyclic) bond motifs is 1. The molecule has 1 aliphatic rings. The van der Waals surface area contributed by atoms with Crippen LogP contribution in [0.25, 0.3) is 11.0 Å². The van der Waals surface area contributed by atoms with Crippen LogP contribution in [-0.4, -0.2) is 36.0 Å². The summed E-state index contributed by atoms with van der Waals surface area (Å²) < 4.78 is 11.6. The summed E-state index contributed by atoms with van der Waals surface area (Å²) in [5, 5.41) is 0.968. The highest BCUT2D eigenvalue weighted by molar-refractivity contribution is 5.81. The molecule has 4 aromatic rings. The van der Waals surface area contributed by atoms with Gasteiger partial charge in [0.15, 0.2) is 0 Å². The molecule has 180 valence electrons. The molecule has 1 fully saturated rings. The van der Waals surface area contributed by atoms with Gasteiger partial charge in [0.25, 0.3) is 0 Å². The summed E-state index contributed by atoms with van der Waals surface area (Å²) in [4.78, 5) is 17.2. The average Bonchev–Trinajstić information content (AvgIpc) is 2.84. The number of rotatable bonds is 7. The number of hydrogen-bond acceptors (Lipinski definition) is 5. The van der Waals surface area contributed by atoms with E-state index in [-0.39, 0.29) is 5.63 Å². The molecule has 0 spiro atoms. The lowest BCUT2D eigenvalue weighted by molar-refractivity contribution is 0.122. The number of piperazine rings is 1. The first kappa shape index (κ1) is 23.3. The molecular weight excluding hydrogens is 436 g/mol. The Balaban J connectivity index is 1.24. The maximum atomic E-state index is 12.3. The Labute approximate surface area is 206 Å². The van der Waals surface area contributed by atoms with Crippen LogP contribution in [0.2, 0.25) is 0 Å². The zero-order chi connectivity index (χ0) is 24.2. The number of benzene rings is 3. The zero-order valence-electron chi connectivity index (χ0n) is 20.5. The van der Waals surface area contributed by atoms with Crippen molar-refractivity contribution < 1.29 is 9.15 Å². The van der Waals surface area contributed by atoms with E-state index in [0.29, 0.717) is 17.9 Å². The lowest BCUT2D eigenvalue weighted by Gasteiger charge is -2.34. The third kappa shape index (κ3) is 5.99. The van der Waals surface area contributed by atoms with E-state index in [9.17, 15) is 4.79 Å². The molecule has 0 atom stereocenters. The van der Waals surface area contributed by atoms with Gasteiger partial charge >= 0.3 is 5.63 Å². The smallest absolute Gasteiger partial charge is 0.336 e. The summed E-state index contributed by atoms with van der Waals surface area (Å²) in [7, 11) is 0. The van der Waals surface area contributed by atoms with Crippen LogP contribution in [0, 0.1) is 13.8 Å². The molecule has 1 aromatic heterocycles. The van der Waals surface area contributed by atoms with Gasteiger partial charge in [0.1, 0.15) is 17.9 Å². The van der Waals surface area contributed by atoms with E-state index in [2.05, 4.69) is 72.2 Å². The lowest BCUT2D eigenvalue weighted by Crippen LogP contribution is -2.45. The van der Waals surface area contributed by atoms with Crippen LogP contribution in [0.3, 0.4) is 0 Å². The van der Waals surface area contributed by atoms with Crippen LogP contribution in [-0.2, 0) is 19.7 Å². The molecule has 0 N–H and O–H groups in total. The van der Waals surface area contributed by atoms with Crippen LogP contribution in [0.5, 0.6) is 5.75 Å². The van der Waals surface area contributed by atoms with Crippen LogP contribution in [0.4, 0.5) is 0 Å². The second kappa shape index (κ2) is 10.5. The fourth-order valence-corrected chi connectivity index (χ4v) is 4.94. The van der Waals surface area contributed by atoms with Crippen LogP contribution in [0.1, 0.15) is 27.8 Å². The minimum absolute atomic E-state index is 0.318. The Morgan fingerprint density at radius 3 is 2.17 bits per heavy atom. The van der Waals surface area contributed by atoms with E-state index >= 15 is 0 Å². The average molecular weight is 469 g/mol. The minimum atomic E-state index is -0.318. The van der Waals surface area contributed by atoms with Crippen molar-refractivity contribution >= 4 is 11.0 Å². The third-order valence-electron chi connectivity index (χ3n) is 6.60. The van der Waals surface area contributed by atoms with Gasteiger partial charge in [0.05, 0.1) is 0 Å². The van der Waals surface area contributed by atoms with Crippen molar-refractivity contribution in [2.75, 3.05) is 26.2 Å². The summed E-state index contributed by atoms with van der Waals surface area (Å²) in [5.74, 6) is 0.700. The standard InChI is InChI=1S/C30H32N2O3/c1-22-14-23(2)16-25(15-22)21-34-27-8-9-28-26(17-30(33)35-29(28)18-27)20-32-12-10-31(11-13-32)19-24-6-4-3-5-7-24/h3-9,14-18H,10-13,19-21H2,1-2H3. The Bertz CT molecular complexity index is 1340. The van der Waals surface area contributed by atoms with Crippen molar-refractivity contribution in [3.63, 3.8) is 0 Å². The molecule has 1 aliphatic heterocycles. The van der Waals surface area contributed by atoms with E-state index in [0.717, 1.165) is 55.8 Å². The second-order valence-electron chi connectivity index (χ2n) is 9.57. The highest BCUT2D eigenvalue weighted by Gasteiger charge is 2.18. The molecule has 2 heterocycles. The molecule has 0 bridgehead atoms. The van der Waals surface area contributed by atoms with Crippen LogP contribution in [0.15, 0.2) is 82.0 Å². The predicted molar refractivity (Wildman–Crippen MR) is 140 cm³/mol. The van der Waals surface area contributed by atoms with Crippen molar-refractivity contribution in [1.29, 1.82) is 0 Å². The number of aryl methyl sites for hydroxylation is 2. The lowest BCUT2D eigenvalue weighted by atomic mass is 10.1. The number of ether oxygens (including phenoxy) is 1. The van der Waals surface area contributed by atoms with Crippen LogP contribution < -0.4 is 10.4 Å². The van der Waals surface area contributed by atoms with Gasteiger partial charge in [-0.15, -0.1) is 0 Å². The normalized spacial score (nSPS) is 14.9. The van der Waals surface area contributed by atoms with Crippen molar-refractivity contribution in [3.8, 4) is 5.75 Å². The molecule has 0 aliphatic carbocycles. The molecule has 0 saturated carbocycles. The van der Waals surface area contributed by atoms with Gasteiger partial charge in [-0.2, -0.15) is 0 Å². The summed E-state index contributed by atoms with van der Waals surface area (Å²) in [5.41, 5.74) is 6.19. The number of hydrogen-bond donors (Lipinski definition) is 0. The van der Waals surface area contributed by atoms with Crippen molar-refractivity contribution in [2.45, 2.75) is 33.5 Å². The number of nitrogens with zero attached hydrogens (tertiary/aromatic N) is 2. The quantitative estimate of drug-likeness (QED) is 0.344. The summed E-state index contributed by atoms with van der Waals surface area (Å²) in [6.07, 6.45) is 0. The molecule has 0 amide bonds. The fraction of sp³-hybridized carbons (Fsp3) is 0.300. The van der Waals surface area contributed by atoms with E-state index in [1.807, 2.05) is 18.2 Å². The first-order chi connectivity index (χ1) is 17.0. The monoisotopic (exact) mass is 468 g/mol. The molecule has 35 heavy (non-hydrogen) atoms. The predicted octanol–water partition coefficient (Wildman–Crippen LogP) is 5.31. The van der Waals surface area contributed by atoms with E-state index in [4.69, 9.17) is 9.15 Å². The molecule has 0 unspecified atom stereocenters. The summed E-state index contributed by atoms with van der Waals surface area (Å²) in [6.45, 7) is 10.4. The van der Waals surface area contributed by atoms with Gasteiger partial charge in [0, 0.05) is 56.8 Å². The highest BCUT2D eigenvalue weighted by Crippen LogP contribution is 2.25. The Morgan fingerprint density at radius 1 is 0.771 bits per heavy atom. The third-order valence-corrected chi connectivity index (χ3v) is 6.60. The maximum Gasteiger partial charge on any atom is 0.336 e. The fourth-order valence-electron chi connectivity index (χ4n) is 4.94. The Hall–Kier alpha value is -3.41. The largest absolute Gasteiger partial charge is 0.489 e.